The van der Waals surface area contributed by atoms with E-state index in [9.17, 15) is 4.79 Å². The Kier molecular flexibility index (Phi) is 7.37. The summed E-state index contributed by atoms with van der Waals surface area (Å²) in [6, 6.07) is 19.1. The minimum Gasteiger partial charge on any atom is -0.495 e. The highest BCUT2D eigenvalue weighted by molar-refractivity contribution is 6.00. The third-order valence-corrected chi connectivity index (χ3v) is 6.94. The number of hydrogen-bond acceptors (Lipinski definition) is 6. The molecule has 0 aliphatic carbocycles. The summed E-state index contributed by atoms with van der Waals surface area (Å²) in [5.74, 6) is 2.41. The maximum Gasteiger partial charge on any atom is 0.323 e. The lowest BCUT2D eigenvalue weighted by molar-refractivity contribution is 0.0571. The summed E-state index contributed by atoms with van der Waals surface area (Å²) in [6.07, 6.45) is 0.0133. The number of ether oxygens (including phenoxy) is 3. The number of carbonyl (C=O) groups is 1. The van der Waals surface area contributed by atoms with E-state index < -0.39 is 0 Å². The van der Waals surface area contributed by atoms with Crippen LogP contribution < -0.4 is 29.7 Å². The average Bonchev–Trinajstić information content (AvgIpc) is 2.91. The molecule has 3 aromatic rings. The predicted molar refractivity (Wildman–Crippen MR) is 147 cm³/mol. The number of carbonyl (C=O) groups excluding carboxylic acids is 1. The second-order valence-electron chi connectivity index (χ2n) is 9.55. The molecule has 8 nitrogen and oxygen atoms in total. The van der Waals surface area contributed by atoms with Crippen molar-refractivity contribution >= 4 is 23.1 Å². The van der Waals surface area contributed by atoms with Gasteiger partial charge in [-0.05, 0) is 67.4 Å². The number of methoxy groups -OCH3 is 1. The minimum absolute atomic E-state index is 0.0133. The standard InChI is InChI=1S/C29H34N4O4/c1-20-8-9-22(16-21(20)2)30-29(34)31-23-10-11-26(35-3)25(17-23)33-14-12-32(13-15-33)18-24-19-36-27-6-4-5-7-28(27)37-24/h4-11,16-17,24H,12-15,18-19H2,1-3H3,(H2,30,31,34). The summed E-state index contributed by atoms with van der Waals surface area (Å²) in [5.41, 5.74) is 4.77. The highest BCUT2D eigenvalue weighted by Gasteiger charge is 2.26. The fraction of sp³-hybridized carbons (Fsp3) is 0.345. The first-order chi connectivity index (χ1) is 18.0. The molecule has 2 amide bonds. The molecule has 2 aliphatic heterocycles. The van der Waals surface area contributed by atoms with Crippen molar-refractivity contribution in [2.75, 3.05) is 62.0 Å². The zero-order chi connectivity index (χ0) is 25.8. The summed E-state index contributed by atoms with van der Waals surface area (Å²) >= 11 is 0. The largest absolute Gasteiger partial charge is 0.495 e. The molecule has 0 radical (unpaired) electrons. The van der Waals surface area contributed by atoms with E-state index in [1.165, 1.54) is 5.56 Å². The summed E-state index contributed by atoms with van der Waals surface area (Å²) in [4.78, 5) is 17.3. The minimum atomic E-state index is -0.277. The Hall–Kier alpha value is -3.91. The van der Waals surface area contributed by atoms with Crippen molar-refractivity contribution in [1.29, 1.82) is 0 Å². The number of fused-ring (bicyclic) bond motifs is 1. The summed E-state index contributed by atoms with van der Waals surface area (Å²) in [6.45, 7) is 8.95. The van der Waals surface area contributed by atoms with E-state index in [1.807, 2.05) is 67.6 Å². The van der Waals surface area contributed by atoms with E-state index in [0.29, 0.717) is 12.3 Å². The first kappa shape index (κ1) is 24.8. The van der Waals surface area contributed by atoms with E-state index in [2.05, 4.69) is 27.4 Å². The van der Waals surface area contributed by atoms with Gasteiger partial charge in [0.2, 0.25) is 0 Å². The average molecular weight is 503 g/mol. The van der Waals surface area contributed by atoms with Gasteiger partial charge < -0.3 is 29.7 Å². The molecule has 5 rings (SSSR count). The number of aryl methyl sites for hydroxylation is 2. The molecule has 37 heavy (non-hydrogen) atoms. The Labute approximate surface area is 218 Å². The van der Waals surface area contributed by atoms with Gasteiger partial charge in [0.05, 0.1) is 12.8 Å². The van der Waals surface area contributed by atoms with Gasteiger partial charge in [-0.3, -0.25) is 4.90 Å². The first-order valence-electron chi connectivity index (χ1n) is 12.7. The molecule has 0 bridgehead atoms. The van der Waals surface area contributed by atoms with Gasteiger partial charge in [0.15, 0.2) is 11.5 Å². The molecule has 8 heteroatoms. The van der Waals surface area contributed by atoms with Crippen LogP contribution in [0.5, 0.6) is 17.2 Å². The highest BCUT2D eigenvalue weighted by atomic mass is 16.6. The van der Waals surface area contributed by atoms with Crippen LogP contribution in [0.1, 0.15) is 11.1 Å². The molecular weight excluding hydrogens is 468 g/mol. The lowest BCUT2D eigenvalue weighted by Crippen LogP contribution is -2.50. The Balaban J connectivity index is 1.18. The van der Waals surface area contributed by atoms with Gasteiger partial charge >= 0.3 is 6.03 Å². The second kappa shape index (κ2) is 11.0. The molecular formula is C29H34N4O4. The number of benzene rings is 3. The summed E-state index contributed by atoms with van der Waals surface area (Å²) in [5, 5.41) is 5.87. The molecule has 194 valence electrons. The molecule has 1 saturated heterocycles. The Bertz CT molecular complexity index is 1260. The molecule has 0 saturated carbocycles. The van der Waals surface area contributed by atoms with Crippen molar-refractivity contribution in [3.63, 3.8) is 0 Å². The second-order valence-corrected chi connectivity index (χ2v) is 9.55. The van der Waals surface area contributed by atoms with Crippen molar-refractivity contribution in [3.05, 3.63) is 71.8 Å². The van der Waals surface area contributed by atoms with Crippen molar-refractivity contribution in [2.24, 2.45) is 0 Å². The maximum atomic E-state index is 12.6. The number of rotatable bonds is 6. The monoisotopic (exact) mass is 502 g/mol. The van der Waals surface area contributed by atoms with Crippen molar-refractivity contribution in [2.45, 2.75) is 20.0 Å². The summed E-state index contributed by atoms with van der Waals surface area (Å²) < 4.78 is 17.7. The highest BCUT2D eigenvalue weighted by Crippen LogP contribution is 2.33. The molecule has 2 aliphatic rings. The molecule has 0 aromatic heterocycles. The fourth-order valence-corrected chi connectivity index (χ4v) is 4.74. The van der Waals surface area contributed by atoms with Crippen LogP contribution in [0.2, 0.25) is 0 Å². The molecule has 2 heterocycles. The van der Waals surface area contributed by atoms with Crippen molar-refractivity contribution in [3.8, 4) is 17.2 Å². The number of urea groups is 1. The quantitative estimate of drug-likeness (QED) is 0.499. The Morgan fingerprint density at radius 2 is 1.62 bits per heavy atom. The number of nitrogens with zero attached hydrogens (tertiary/aromatic N) is 2. The van der Waals surface area contributed by atoms with Crippen LogP contribution in [0.4, 0.5) is 21.9 Å². The third-order valence-electron chi connectivity index (χ3n) is 6.94. The van der Waals surface area contributed by atoms with Crippen molar-refractivity contribution in [1.82, 2.24) is 4.90 Å². The number of piperazine rings is 1. The van der Waals surface area contributed by atoms with Gasteiger partial charge in [-0.15, -0.1) is 0 Å². The van der Waals surface area contributed by atoms with Crippen LogP contribution in [-0.2, 0) is 0 Å². The van der Waals surface area contributed by atoms with Crippen LogP contribution in [0.25, 0.3) is 0 Å². The van der Waals surface area contributed by atoms with Crippen LogP contribution in [-0.4, -0.2) is 63.5 Å². The third kappa shape index (κ3) is 5.91. The molecule has 1 unspecified atom stereocenters. The normalized spacial score (nSPS) is 17.3. The van der Waals surface area contributed by atoms with E-state index in [4.69, 9.17) is 14.2 Å². The van der Waals surface area contributed by atoms with E-state index in [1.54, 1.807) is 7.11 Å². The van der Waals surface area contributed by atoms with Crippen LogP contribution in [0.15, 0.2) is 60.7 Å². The Morgan fingerprint density at radius 3 is 2.35 bits per heavy atom. The summed E-state index contributed by atoms with van der Waals surface area (Å²) in [7, 11) is 1.67. The van der Waals surface area contributed by atoms with Crippen LogP contribution >= 0.6 is 0 Å². The van der Waals surface area contributed by atoms with Gasteiger partial charge in [-0.2, -0.15) is 0 Å². The number of nitrogens with one attached hydrogen (secondary N) is 2. The van der Waals surface area contributed by atoms with Crippen LogP contribution in [0.3, 0.4) is 0 Å². The maximum absolute atomic E-state index is 12.6. The zero-order valence-corrected chi connectivity index (χ0v) is 21.6. The van der Waals surface area contributed by atoms with Crippen LogP contribution in [0, 0.1) is 13.8 Å². The molecule has 3 aromatic carbocycles. The molecule has 1 fully saturated rings. The lowest BCUT2D eigenvalue weighted by Gasteiger charge is -2.38. The molecule has 2 N–H and O–H groups in total. The van der Waals surface area contributed by atoms with E-state index >= 15 is 0 Å². The zero-order valence-electron chi connectivity index (χ0n) is 21.6. The van der Waals surface area contributed by atoms with Gasteiger partial charge in [0.25, 0.3) is 0 Å². The van der Waals surface area contributed by atoms with Gasteiger partial charge in [-0.25, -0.2) is 4.79 Å². The topological polar surface area (TPSA) is 75.3 Å². The number of anilines is 3. The molecule has 0 spiro atoms. The number of para-hydroxylation sites is 2. The van der Waals surface area contributed by atoms with E-state index in [-0.39, 0.29) is 12.1 Å². The first-order valence-corrected chi connectivity index (χ1v) is 12.7. The van der Waals surface area contributed by atoms with Gasteiger partial charge in [0.1, 0.15) is 18.5 Å². The fourth-order valence-electron chi connectivity index (χ4n) is 4.74. The predicted octanol–water partition coefficient (Wildman–Crippen LogP) is 4.92. The lowest BCUT2D eigenvalue weighted by atomic mass is 10.1. The number of hydrogen-bond donors (Lipinski definition) is 2. The van der Waals surface area contributed by atoms with Crippen molar-refractivity contribution < 1.29 is 19.0 Å². The number of amides is 2. The Morgan fingerprint density at radius 1 is 0.919 bits per heavy atom. The SMILES string of the molecule is COc1ccc(NC(=O)Nc2ccc(C)c(C)c2)cc1N1CCN(CC2COc3ccccc3O2)CC1. The smallest absolute Gasteiger partial charge is 0.323 e. The molecule has 1 atom stereocenters. The van der Waals surface area contributed by atoms with E-state index in [0.717, 1.165) is 66.9 Å². The van der Waals surface area contributed by atoms with Gasteiger partial charge in [-0.1, -0.05) is 18.2 Å². The van der Waals surface area contributed by atoms with Gasteiger partial charge in [0, 0.05) is 44.1 Å².